The second-order valence-corrected chi connectivity index (χ2v) is 5.42. The van der Waals surface area contributed by atoms with Gasteiger partial charge in [0.2, 0.25) is 0 Å². The quantitative estimate of drug-likeness (QED) is 0.882. The van der Waals surface area contributed by atoms with Gasteiger partial charge in [-0.25, -0.2) is 4.98 Å². The van der Waals surface area contributed by atoms with Crippen LogP contribution < -0.4 is 10.2 Å². The Hall–Kier alpha value is -2.07. The van der Waals surface area contributed by atoms with Gasteiger partial charge in [0.1, 0.15) is 11.0 Å². The Bertz CT molecular complexity index is 629. The van der Waals surface area contributed by atoms with E-state index in [1.54, 1.807) is 12.1 Å². The number of carbonyl (C=O) groups is 1. The third-order valence-electron chi connectivity index (χ3n) is 3.15. The van der Waals surface area contributed by atoms with Crippen molar-refractivity contribution in [3.8, 4) is 0 Å². The minimum absolute atomic E-state index is 0.0755. The normalized spacial score (nSPS) is 11.8. The molecule has 4 nitrogen and oxygen atoms in total. The first-order chi connectivity index (χ1) is 9.97. The lowest BCUT2D eigenvalue weighted by molar-refractivity contribution is 0.0940. The standard InChI is InChI=1S/C16H18ClN3O/c1-11(12-7-5-4-6-8-12)18-16(21)13-9-14(17)19-15(10-13)20(2)3/h4-11H,1-3H3,(H,18,21). The van der Waals surface area contributed by atoms with E-state index in [-0.39, 0.29) is 11.9 Å². The molecule has 1 heterocycles. The summed E-state index contributed by atoms with van der Waals surface area (Å²) in [6.07, 6.45) is 0. The van der Waals surface area contributed by atoms with Crippen molar-refractivity contribution < 1.29 is 4.79 Å². The number of hydrogen-bond acceptors (Lipinski definition) is 3. The van der Waals surface area contributed by atoms with E-state index >= 15 is 0 Å². The Labute approximate surface area is 129 Å². The van der Waals surface area contributed by atoms with Gasteiger partial charge in [0.05, 0.1) is 6.04 Å². The number of nitrogens with one attached hydrogen (secondary N) is 1. The maximum atomic E-state index is 12.3. The molecule has 2 rings (SSSR count). The number of benzene rings is 1. The van der Waals surface area contributed by atoms with E-state index in [2.05, 4.69) is 10.3 Å². The molecule has 110 valence electrons. The molecule has 1 aromatic heterocycles. The number of rotatable bonds is 4. The van der Waals surface area contributed by atoms with E-state index in [0.29, 0.717) is 16.5 Å². The fourth-order valence-electron chi connectivity index (χ4n) is 1.95. The molecule has 0 radical (unpaired) electrons. The first kappa shape index (κ1) is 15.3. The lowest BCUT2D eigenvalue weighted by Crippen LogP contribution is -2.27. The third-order valence-corrected chi connectivity index (χ3v) is 3.34. The zero-order chi connectivity index (χ0) is 15.4. The zero-order valence-electron chi connectivity index (χ0n) is 12.3. The molecular weight excluding hydrogens is 286 g/mol. The van der Waals surface area contributed by atoms with Crippen LogP contribution >= 0.6 is 11.6 Å². The van der Waals surface area contributed by atoms with Crippen LogP contribution in [-0.2, 0) is 0 Å². The van der Waals surface area contributed by atoms with Crippen molar-refractivity contribution in [3.05, 3.63) is 58.7 Å². The maximum Gasteiger partial charge on any atom is 0.251 e. The molecule has 1 N–H and O–H groups in total. The molecule has 0 aliphatic heterocycles. The molecule has 0 aliphatic carbocycles. The van der Waals surface area contributed by atoms with Crippen molar-refractivity contribution in [3.63, 3.8) is 0 Å². The molecule has 0 aliphatic rings. The fraction of sp³-hybridized carbons (Fsp3) is 0.250. The highest BCUT2D eigenvalue weighted by Crippen LogP contribution is 2.18. The molecule has 0 saturated heterocycles. The Morgan fingerprint density at radius 1 is 1.24 bits per heavy atom. The van der Waals surface area contributed by atoms with Crippen molar-refractivity contribution in [2.75, 3.05) is 19.0 Å². The molecule has 0 bridgehead atoms. The summed E-state index contributed by atoms with van der Waals surface area (Å²) in [7, 11) is 3.71. The number of anilines is 1. The number of carbonyl (C=O) groups excluding carboxylic acids is 1. The maximum absolute atomic E-state index is 12.3. The molecule has 2 aromatic rings. The van der Waals surface area contributed by atoms with Crippen molar-refractivity contribution in [2.24, 2.45) is 0 Å². The Morgan fingerprint density at radius 3 is 2.52 bits per heavy atom. The average Bonchev–Trinajstić information content (AvgIpc) is 2.47. The monoisotopic (exact) mass is 303 g/mol. The van der Waals surface area contributed by atoms with E-state index in [4.69, 9.17) is 11.6 Å². The first-order valence-corrected chi connectivity index (χ1v) is 7.06. The van der Waals surface area contributed by atoms with E-state index in [1.165, 1.54) is 0 Å². The van der Waals surface area contributed by atoms with Gasteiger partial charge in [0, 0.05) is 19.7 Å². The predicted molar refractivity (Wildman–Crippen MR) is 85.9 cm³/mol. The summed E-state index contributed by atoms with van der Waals surface area (Å²) in [5.74, 6) is 0.485. The summed E-state index contributed by atoms with van der Waals surface area (Å²) in [4.78, 5) is 18.3. The smallest absolute Gasteiger partial charge is 0.251 e. The van der Waals surface area contributed by atoms with Crippen molar-refractivity contribution in [1.29, 1.82) is 0 Å². The lowest BCUT2D eigenvalue weighted by Gasteiger charge is -2.16. The van der Waals surface area contributed by atoms with E-state index in [9.17, 15) is 4.79 Å². The van der Waals surface area contributed by atoms with Gasteiger partial charge in [-0.1, -0.05) is 41.9 Å². The van der Waals surface area contributed by atoms with Crippen LogP contribution in [0, 0.1) is 0 Å². The number of halogens is 1. The Balaban J connectivity index is 2.17. The molecule has 0 fully saturated rings. The van der Waals surface area contributed by atoms with Crippen LogP contribution in [0.3, 0.4) is 0 Å². The van der Waals surface area contributed by atoms with Gasteiger partial charge in [-0.15, -0.1) is 0 Å². The molecule has 21 heavy (non-hydrogen) atoms. The van der Waals surface area contributed by atoms with Crippen LogP contribution in [0.25, 0.3) is 0 Å². The van der Waals surface area contributed by atoms with Gasteiger partial charge >= 0.3 is 0 Å². The van der Waals surface area contributed by atoms with E-state index in [0.717, 1.165) is 5.56 Å². The van der Waals surface area contributed by atoms with Crippen LogP contribution in [0.15, 0.2) is 42.5 Å². The van der Waals surface area contributed by atoms with Crippen molar-refractivity contribution >= 4 is 23.3 Å². The first-order valence-electron chi connectivity index (χ1n) is 6.68. The van der Waals surface area contributed by atoms with Gasteiger partial charge in [-0.05, 0) is 24.6 Å². The second kappa shape index (κ2) is 6.59. The van der Waals surface area contributed by atoms with E-state index < -0.39 is 0 Å². The molecule has 0 spiro atoms. The summed E-state index contributed by atoms with van der Waals surface area (Å²) >= 11 is 5.97. The van der Waals surface area contributed by atoms with Crippen molar-refractivity contribution in [1.82, 2.24) is 10.3 Å². The number of pyridine rings is 1. The minimum atomic E-state index is -0.168. The van der Waals surface area contributed by atoms with Gasteiger partial charge in [-0.3, -0.25) is 4.79 Å². The fourth-order valence-corrected chi connectivity index (χ4v) is 2.15. The summed E-state index contributed by atoms with van der Waals surface area (Å²) in [6.45, 7) is 1.95. The van der Waals surface area contributed by atoms with Crippen molar-refractivity contribution in [2.45, 2.75) is 13.0 Å². The Morgan fingerprint density at radius 2 is 1.90 bits per heavy atom. The van der Waals surface area contributed by atoms with Crippen LogP contribution in [0.4, 0.5) is 5.82 Å². The van der Waals surface area contributed by atoms with Gasteiger partial charge in [-0.2, -0.15) is 0 Å². The summed E-state index contributed by atoms with van der Waals surface area (Å²) < 4.78 is 0. The molecule has 1 aromatic carbocycles. The number of amides is 1. The third kappa shape index (κ3) is 3.95. The molecule has 1 unspecified atom stereocenters. The molecule has 1 atom stereocenters. The largest absolute Gasteiger partial charge is 0.363 e. The molecule has 1 amide bonds. The zero-order valence-corrected chi connectivity index (χ0v) is 13.1. The van der Waals surface area contributed by atoms with Crippen LogP contribution in [0.2, 0.25) is 5.15 Å². The predicted octanol–water partition coefficient (Wildman–Crippen LogP) is 3.29. The highest BCUT2D eigenvalue weighted by atomic mass is 35.5. The van der Waals surface area contributed by atoms with Gasteiger partial charge in [0.15, 0.2) is 0 Å². The van der Waals surface area contributed by atoms with Gasteiger partial charge in [0.25, 0.3) is 5.91 Å². The molecular formula is C16H18ClN3O. The average molecular weight is 304 g/mol. The Kier molecular flexibility index (Phi) is 4.81. The molecule has 5 heteroatoms. The SMILES string of the molecule is CC(NC(=O)c1cc(Cl)nc(N(C)C)c1)c1ccccc1. The number of nitrogens with zero attached hydrogens (tertiary/aromatic N) is 2. The number of aromatic nitrogens is 1. The summed E-state index contributed by atoms with van der Waals surface area (Å²) in [5, 5.41) is 3.27. The lowest BCUT2D eigenvalue weighted by atomic mass is 10.1. The summed E-state index contributed by atoms with van der Waals surface area (Å²) in [6, 6.07) is 13.0. The van der Waals surface area contributed by atoms with E-state index in [1.807, 2.05) is 56.3 Å². The topological polar surface area (TPSA) is 45.2 Å². The van der Waals surface area contributed by atoms with Crippen LogP contribution in [-0.4, -0.2) is 25.0 Å². The highest BCUT2D eigenvalue weighted by Gasteiger charge is 2.13. The van der Waals surface area contributed by atoms with Crippen LogP contribution in [0.1, 0.15) is 28.9 Å². The van der Waals surface area contributed by atoms with Crippen LogP contribution in [0.5, 0.6) is 0 Å². The minimum Gasteiger partial charge on any atom is -0.363 e. The number of hydrogen-bond donors (Lipinski definition) is 1. The second-order valence-electron chi connectivity index (χ2n) is 5.04. The molecule has 0 saturated carbocycles. The highest BCUT2D eigenvalue weighted by molar-refractivity contribution is 6.29. The summed E-state index contributed by atoms with van der Waals surface area (Å²) in [5.41, 5.74) is 1.56. The van der Waals surface area contributed by atoms with Gasteiger partial charge < -0.3 is 10.2 Å².